The number of amides is 1. The van der Waals surface area contributed by atoms with Crippen LogP contribution in [0.3, 0.4) is 0 Å². The maximum absolute atomic E-state index is 12.8. The van der Waals surface area contributed by atoms with Crippen LogP contribution in [-0.2, 0) is 6.54 Å². The third-order valence-corrected chi connectivity index (χ3v) is 4.47. The molecule has 1 aromatic heterocycles. The average Bonchev–Trinajstić information content (AvgIpc) is 2.95. The number of hydrogen-bond acceptors (Lipinski definition) is 4. The molecule has 0 fully saturated rings. The highest BCUT2D eigenvalue weighted by Gasteiger charge is 2.31. The summed E-state index contributed by atoms with van der Waals surface area (Å²) >= 11 is 0. The average molecular weight is 318 g/mol. The minimum atomic E-state index is -0.00906. The van der Waals surface area contributed by atoms with E-state index in [1.165, 1.54) is 0 Å². The molecule has 3 heterocycles. The lowest BCUT2D eigenvalue weighted by atomic mass is 10.1. The van der Waals surface area contributed by atoms with Crippen molar-refractivity contribution in [3.63, 3.8) is 0 Å². The first kappa shape index (κ1) is 13.4. The Morgan fingerprint density at radius 1 is 1.00 bits per heavy atom. The number of carbonyl (C=O) groups is 1. The SMILES string of the molecule is O=C1c2cc3c(cc2CN1c1ccc2ncccc2c1)OCCO3. The van der Waals surface area contributed by atoms with E-state index in [-0.39, 0.29) is 5.91 Å². The molecule has 2 aromatic carbocycles. The van der Waals surface area contributed by atoms with Gasteiger partial charge in [0.15, 0.2) is 11.5 Å². The van der Waals surface area contributed by atoms with Crippen LogP contribution in [0.4, 0.5) is 5.69 Å². The largest absolute Gasteiger partial charge is 0.486 e. The predicted octanol–water partition coefficient (Wildman–Crippen LogP) is 3.17. The molecule has 24 heavy (non-hydrogen) atoms. The summed E-state index contributed by atoms with van der Waals surface area (Å²) in [6.07, 6.45) is 1.77. The fraction of sp³-hybridized carbons (Fsp3) is 0.158. The lowest BCUT2D eigenvalue weighted by Gasteiger charge is -2.18. The Balaban J connectivity index is 1.56. The molecule has 1 amide bonds. The van der Waals surface area contributed by atoms with Gasteiger partial charge >= 0.3 is 0 Å². The molecule has 0 aliphatic carbocycles. The molecule has 0 N–H and O–H groups in total. The van der Waals surface area contributed by atoms with Crippen LogP contribution in [0.1, 0.15) is 15.9 Å². The van der Waals surface area contributed by atoms with E-state index >= 15 is 0 Å². The topological polar surface area (TPSA) is 51.7 Å². The second-order valence-corrected chi connectivity index (χ2v) is 5.92. The van der Waals surface area contributed by atoms with Crippen molar-refractivity contribution in [2.24, 2.45) is 0 Å². The number of fused-ring (bicyclic) bond motifs is 3. The summed E-state index contributed by atoms with van der Waals surface area (Å²) in [4.78, 5) is 18.9. The van der Waals surface area contributed by atoms with Crippen molar-refractivity contribution < 1.29 is 14.3 Å². The highest BCUT2D eigenvalue weighted by Crippen LogP contribution is 2.38. The first-order valence-corrected chi connectivity index (χ1v) is 7.89. The van der Waals surface area contributed by atoms with Crippen LogP contribution in [0, 0.1) is 0 Å². The Bertz CT molecular complexity index is 984. The standard InChI is InChI=1S/C19H14N2O3/c22-19-15-10-18-17(23-6-7-24-18)9-13(15)11-21(19)14-3-4-16-12(8-14)2-1-5-20-16/h1-5,8-10H,6-7,11H2. The number of pyridine rings is 1. The minimum absolute atomic E-state index is 0.00906. The minimum Gasteiger partial charge on any atom is -0.486 e. The van der Waals surface area contributed by atoms with E-state index in [1.807, 2.05) is 36.4 Å². The van der Waals surface area contributed by atoms with Crippen LogP contribution in [0.5, 0.6) is 11.5 Å². The van der Waals surface area contributed by atoms with E-state index in [0.717, 1.165) is 27.9 Å². The zero-order valence-corrected chi connectivity index (χ0v) is 12.9. The van der Waals surface area contributed by atoms with E-state index in [0.29, 0.717) is 31.1 Å². The molecule has 0 unspecified atom stereocenters. The number of rotatable bonds is 1. The second-order valence-electron chi connectivity index (χ2n) is 5.92. The van der Waals surface area contributed by atoms with Crippen LogP contribution < -0.4 is 14.4 Å². The number of benzene rings is 2. The lowest BCUT2D eigenvalue weighted by molar-refractivity contribution is 0.0996. The van der Waals surface area contributed by atoms with Gasteiger partial charge in [0.05, 0.1) is 12.1 Å². The molecule has 0 atom stereocenters. The Kier molecular flexibility index (Phi) is 2.76. The Morgan fingerprint density at radius 2 is 1.83 bits per heavy atom. The van der Waals surface area contributed by atoms with Crippen molar-refractivity contribution in [1.29, 1.82) is 0 Å². The molecular weight excluding hydrogens is 304 g/mol. The van der Waals surface area contributed by atoms with Crippen LogP contribution in [0.2, 0.25) is 0 Å². The zero-order chi connectivity index (χ0) is 16.1. The number of aromatic nitrogens is 1. The molecule has 2 aliphatic heterocycles. The first-order chi connectivity index (χ1) is 11.8. The van der Waals surface area contributed by atoms with Crippen LogP contribution in [0.25, 0.3) is 10.9 Å². The van der Waals surface area contributed by atoms with Crippen LogP contribution in [-0.4, -0.2) is 24.1 Å². The van der Waals surface area contributed by atoms with Crippen molar-refractivity contribution in [3.8, 4) is 11.5 Å². The van der Waals surface area contributed by atoms with Crippen molar-refractivity contribution in [3.05, 3.63) is 59.8 Å². The summed E-state index contributed by atoms with van der Waals surface area (Å²) in [6, 6.07) is 13.5. The van der Waals surface area contributed by atoms with Gasteiger partial charge in [-0.15, -0.1) is 0 Å². The smallest absolute Gasteiger partial charge is 0.259 e. The molecule has 0 saturated carbocycles. The molecular formula is C19H14N2O3. The van der Waals surface area contributed by atoms with E-state index in [4.69, 9.17) is 9.47 Å². The first-order valence-electron chi connectivity index (χ1n) is 7.89. The monoisotopic (exact) mass is 318 g/mol. The van der Waals surface area contributed by atoms with E-state index < -0.39 is 0 Å². The van der Waals surface area contributed by atoms with Gasteiger partial charge in [-0.05, 0) is 42.0 Å². The van der Waals surface area contributed by atoms with Crippen molar-refractivity contribution in [2.75, 3.05) is 18.1 Å². The van der Waals surface area contributed by atoms with Crippen LogP contribution >= 0.6 is 0 Å². The highest BCUT2D eigenvalue weighted by molar-refractivity contribution is 6.11. The van der Waals surface area contributed by atoms with Gasteiger partial charge in [0.25, 0.3) is 5.91 Å². The van der Waals surface area contributed by atoms with Gasteiger partial charge in [-0.2, -0.15) is 0 Å². The van der Waals surface area contributed by atoms with Gasteiger partial charge in [-0.1, -0.05) is 6.07 Å². The second kappa shape index (κ2) is 4.96. The molecule has 0 spiro atoms. The summed E-state index contributed by atoms with van der Waals surface area (Å²) in [5.41, 5.74) is 3.44. The number of anilines is 1. The third kappa shape index (κ3) is 1.94. The van der Waals surface area contributed by atoms with Gasteiger partial charge in [0.1, 0.15) is 13.2 Å². The van der Waals surface area contributed by atoms with E-state index in [1.54, 1.807) is 17.2 Å². The van der Waals surface area contributed by atoms with Crippen molar-refractivity contribution in [1.82, 2.24) is 4.98 Å². The molecule has 2 aliphatic rings. The number of ether oxygens (including phenoxy) is 2. The predicted molar refractivity (Wildman–Crippen MR) is 89.7 cm³/mol. The normalized spacial score (nSPS) is 15.7. The Labute approximate surface area is 138 Å². The molecule has 5 rings (SSSR count). The van der Waals surface area contributed by atoms with E-state index in [2.05, 4.69) is 4.98 Å². The summed E-state index contributed by atoms with van der Waals surface area (Å²) in [6.45, 7) is 1.60. The fourth-order valence-corrected chi connectivity index (χ4v) is 3.29. The summed E-state index contributed by atoms with van der Waals surface area (Å²) in [7, 11) is 0. The fourth-order valence-electron chi connectivity index (χ4n) is 3.29. The number of carbonyl (C=O) groups excluding carboxylic acids is 1. The molecule has 0 radical (unpaired) electrons. The van der Waals surface area contributed by atoms with Crippen LogP contribution in [0.15, 0.2) is 48.7 Å². The quantitative estimate of drug-likeness (QED) is 0.691. The van der Waals surface area contributed by atoms with Gasteiger partial charge in [-0.25, -0.2) is 0 Å². The molecule has 0 saturated heterocycles. The summed E-state index contributed by atoms with van der Waals surface area (Å²) in [5.74, 6) is 1.36. The maximum atomic E-state index is 12.8. The lowest BCUT2D eigenvalue weighted by Crippen LogP contribution is -2.22. The maximum Gasteiger partial charge on any atom is 0.259 e. The van der Waals surface area contributed by atoms with Crippen molar-refractivity contribution >= 4 is 22.5 Å². The Morgan fingerprint density at radius 3 is 2.71 bits per heavy atom. The number of hydrogen-bond donors (Lipinski definition) is 0. The van der Waals surface area contributed by atoms with E-state index in [9.17, 15) is 4.79 Å². The third-order valence-electron chi connectivity index (χ3n) is 4.47. The Hall–Kier alpha value is -3.08. The molecule has 5 heteroatoms. The molecule has 118 valence electrons. The summed E-state index contributed by atoms with van der Waals surface area (Å²) in [5, 5.41) is 1.02. The number of nitrogens with zero attached hydrogens (tertiary/aromatic N) is 2. The highest BCUT2D eigenvalue weighted by atomic mass is 16.6. The van der Waals surface area contributed by atoms with Gasteiger partial charge < -0.3 is 14.4 Å². The summed E-state index contributed by atoms with van der Waals surface area (Å²) < 4.78 is 11.2. The van der Waals surface area contributed by atoms with Gasteiger partial charge in [-0.3, -0.25) is 9.78 Å². The molecule has 5 nitrogen and oxygen atoms in total. The molecule has 3 aromatic rings. The van der Waals surface area contributed by atoms with Gasteiger partial charge in [0.2, 0.25) is 0 Å². The zero-order valence-electron chi connectivity index (χ0n) is 12.9. The van der Waals surface area contributed by atoms with Gasteiger partial charge in [0, 0.05) is 22.8 Å². The van der Waals surface area contributed by atoms with Crippen molar-refractivity contribution in [2.45, 2.75) is 6.54 Å². The molecule has 0 bridgehead atoms.